The number of rotatable bonds is 6. The van der Waals surface area contributed by atoms with Gasteiger partial charge in [0.15, 0.2) is 6.61 Å². The third-order valence-corrected chi connectivity index (χ3v) is 6.18. The fraction of sp³-hybridized carbons (Fsp3) is 0.304. The number of aromatic nitrogens is 2. The zero-order chi connectivity index (χ0) is 23.4. The number of halogens is 2. The molecule has 0 radical (unpaired) electrons. The Kier molecular flexibility index (Phi) is 7.56. The number of aryl methyl sites for hydroxylation is 1. The highest BCUT2D eigenvalue weighted by Gasteiger charge is 2.18. The van der Waals surface area contributed by atoms with Crippen LogP contribution < -0.4 is 10.3 Å². The van der Waals surface area contributed by atoms with Crippen molar-refractivity contribution in [2.75, 3.05) is 32.9 Å². The Labute approximate surface area is 207 Å². The van der Waals surface area contributed by atoms with Gasteiger partial charge in [-0.3, -0.25) is 9.59 Å². The van der Waals surface area contributed by atoms with Gasteiger partial charge in [0.05, 0.1) is 30.3 Å². The van der Waals surface area contributed by atoms with Gasteiger partial charge in [0.25, 0.3) is 11.5 Å². The van der Waals surface area contributed by atoms with Crippen LogP contribution in [-0.2, 0) is 16.0 Å². The molecule has 2 heterocycles. The molecule has 2 aromatic carbocycles. The summed E-state index contributed by atoms with van der Waals surface area (Å²) in [6.45, 7) is 4.02. The fourth-order valence-corrected chi connectivity index (χ4v) is 4.20. The van der Waals surface area contributed by atoms with E-state index in [2.05, 4.69) is 41.9 Å². The van der Waals surface area contributed by atoms with Crippen molar-refractivity contribution < 1.29 is 14.3 Å². The first-order valence-corrected chi connectivity index (χ1v) is 12.1. The molecule has 0 unspecified atom stereocenters. The summed E-state index contributed by atoms with van der Waals surface area (Å²) in [6.07, 6.45) is 2.08. The molecule has 0 saturated carbocycles. The van der Waals surface area contributed by atoms with E-state index < -0.39 is 0 Å². The van der Waals surface area contributed by atoms with Crippen LogP contribution >= 0.6 is 31.9 Å². The van der Waals surface area contributed by atoms with Crippen molar-refractivity contribution in [3.8, 4) is 5.75 Å². The SMILES string of the molecule is CCc1nc2ccc(Br)cc2c(=O)n1N=Cc1cc(Br)ccc1OCC(=O)N1CCOCC1. The van der Waals surface area contributed by atoms with Crippen LogP contribution in [0.1, 0.15) is 18.3 Å². The third kappa shape index (κ3) is 5.51. The number of hydrogen-bond acceptors (Lipinski definition) is 6. The first kappa shape index (κ1) is 23.6. The quantitative estimate of drug-likeness (QED) is 0.418. The fourth-order valence-electron chi connectivity index (χ4n) is 3.46. The molecule has 1 amide bonds. The summed E-state index contributed by atoms with van der Waals surface area (Å²) in [6, 6.07) is 10.8. The van der Waals surface area contributed by atoms with Crippen molar-refractivity contribution in [2.24, 2.45) is 5.10 Å². The van der Waals surface area contributed by atoms with Crippen molar-refractivity contribution in [1.82, 2.24) is 14.6 Å². The monoisotopic (exact) mass is 576 g/mol. The predicted molar refractivity (Wildman–Crippen MR) is 133 cm³/mol. The van der Waals surface area contributed by atoms with Crippen LogP contribution in [0.2, 0.25) is 0 Å². The molecule has 1 aliphatic heterocycles. The van der Waals surface area contributed by atoms with Crippen LogP contribution in [0.15, 0.2) is 55.2 Å². The number of benzene rings is 2. The maximum absolute atomic E-state index is 13.1. The smallest absolute Gasteiger partial charge is 0.282 e. The van der Waals surface area contributed by atoms with Crippen molar-refractivity contribution in [2.45, 2.75) is 13.3 Å². The van der Waals surface area contributed by atoms with Crippen molar-refractivity contribution in [3.63, 3.8) is 0 Å². The van der Waals surface area contributed by atoms with Gasteiger partial charge in [-0.25, -0.2) is 4.98 Å². The van der Waals surface area contributed by atoms with Gasteiger partial charge in [0.2, 0.25) is 0 Å². The third-order valence-electron chi connectivity index (χ3n) is 5.19. The lowest BCUT2D eigenvalue weighted by molar-refractivity contribution is -0.137. The van der Waals surface area contributed by atoms with Gasteiger partial charge in [0, 0.05) is 34.0 Å². The molecule has 1 aliphatic rings. The van der Waals surface area contributed by atoms with E-state index >= 15 is 0 Å². The van der Waals surface area contributed by atoms with Crippen LogP contribution in [0.4, 0.5) is 0 Å². The lowest BCUT2D eigenvalue weighted by atomic mass is 10.2. The molecule has 33 heavy (non-hydrogen) atoms. The van der Waals surface area contributed by atoms with E-state index in [1.165, 1.54) is 4.68 Å². The minimum atomic E-state index is -0.255. The summed E-state index contributed by atoms with van der Waals surface area (Å²) in [7, 11) is 0. The number of morpholine rings is 1. The van der Waals surface area contributed by atoms with Crippen LogP contribution in [-0.4, -0.2) is 59.6 Å². The molecule has 8 nitrogen and oxygen atoms in total. The molecule has 0 atom stereocenters. The molecule has 0 N–H and O–H groups in total. The summed E-state index contributed by atoms with van der Waals surface area (Å²) in [5, 5.41) is 4.91. The van der Waals surface area contributed by atoms with Gasteiger partial charge >= 0.3 is 0 Å². The number of hydrogen-bond donors (Lipinski definition) is 0. The Balaban J connectivity index is 1.62. The maximum Gasteiger partial charge on any atom is 0.282 e. The van der Waals surface area contributed by atoms with E-state index in [9.17, 15) is 9.59 Å². The van der Waals surface area contributed by atoms with Gasteiger partial charge in [-0.15, -0.1) is 0 Å². The Morgan fingerprint density at radius 1 is 1.18 bits per heavy atom. The van der Waals surface area contributed by atoms with Gasteiger partial charge in [-0.2, -0.15) is 9.78 Å². The second-order valence-corrected chi connectivity index (χ2v) is 9.20. The normalized spacial score (nSPS) is 14.2. The molecule has 172 valence electrons. The van der Waals surface area contributed by atoms with Crippen LogP contribution in [0.25, 0.3) is 10.9 Å². The second-order valence-electron chi connectivity index (χ2n) is 7.37. The van der Waals surface area contributed by atoms with Crippen molar-refractivity contribution in [3.05, 3.63) is 67.1 Å². The lowest BCUT2D eigenvalue weighted by Gasteiger charge is -2.26. The topological polar surface area (TPSA) is 86.0 Å². The number of nitrogens with zero attached hydrogens (tertiary/aromatic N) is 4. The van der Waals surface area contributed by atoms with Crippen molar-refractivity contribution >= 4 is 54.9 Å². The zero-order valence-electron chi connectivity index (χ0n) is 18.0. The molecule has 0 bridgehead atoms. The summed E-state index contributed by atoms with van der Waals surface area (Å²) in [5.74, 6) is 0.940. The molecule has 0 aliphatic carbocycles. The highest BCUT2D eigenvalue weighted by molar-refractivity contribution is 9.10. The minimum Gasteiger partial charge on any atom is -0.483 e. The molecule has 1 saturated heterocycles. The van der Waals surface area contributed by atoms with E-state index in [1.54, 1.807) is 29.3 Å². The van der Waals surface area contributed by atoms with Gasteiger partial charge in [-0.1, -0.05) is 38.8 Å². The molecule has 3 aromatic rings. The number of carbonyl (C=O) groups excluding carboxylic acids is 1. The molecule has 1 fully saturated rings. The number of ether oxygens (including phenoxy) is 2. The van der Waals surface area contributed by atoms with E-state index in [0.29, 0.717) is 60.8 Å². The summed E-state index contributed by atoms with van der Waals surface area (Å²) >= 11 is 6.86. The number of amides is 1. The summed E-state index contributed by atoms with van der Waals surface area (Å²) in [4.78, 5) is 31.9. The van der Waals surface area contributed by atoms with Crippen LogP contribution in [0, 0.1) is 0 Å². The Hall–Kier alpha value is -2.56. The van der Waals surface area contributed by atoms with Crippen LogP contribution in [0.3, 0.4) is 0 Å². The van der Waals surface area contributed by atoms with E-state index in [4.69, 9.17) is 9.47 Å². The van der Waals surface area contributed by atoms with Gasteiger partial charge in [-0.05, 0) is 36.4 Å². The highest BCUT2D eigenvalue weighted by atomic mass is 79.9. The summed E-state index contributed by atoms with van der Waals surface area (Å²) in [5.41, 5.74) is 0.997. The number of carbonyl (C=O) groups is 1. The van der Waals surface area contributed by atoms with Crippen LogP contribution in [0.5, 0.6) is 5.75 Å². The van der Waals surface area contributed by atoms with E-state index in [1.807, 2.05) is 25.1 Å². The minimum absolute atomic E-state index is 0.0891. The first-order valence-electron chi connectivity index (χ1n) is 10.5. The Bertz CT molecular complexity index is 1270. The average molecular weight is 578 g/mol. The standard InChI is InChI=1S/C23H22Br2N4O4/c1-2-21-27-19-5-3-17(25)12-18(19)23(31)29(21)26-13-15-11-16(24)4-6-20(15)33-14-22(30)28-7-9-32-10-8-28/h3-6,11-13H,2,7-10,14H2,1H3. The predicted octanol–water partition coefficient (Wildman–Crippen LogP) is 3.60. The zero-order valence-corrected chi connectivity index (χ0v) is 21.1. The van der Waals surface area contributed by atoms with E-state index in [0.717, 1.165) is 8.95 Å². The molecule has 10 heteroatoms. The molecular formula is C23H22Br2N4O4. The Morgan fingerprint density at radius 3 is 2.67 bits per heavy atom. The Morgan fingerprint density at radius 2 is 1.91 bits per heavy atom. The largest absolute Gasteiger partial charge is 0.483 e. The molecule has 4 rings (SSSR count). The molecule has 0 spiro atoms. The highest BCUT2D eigenvalue weighted by Crippen LogP contribution is 2.22. The second kappa shape index (κ2) is 10.6. The molecule has 1 aromatic heterocycles. The first-order chi connectivity index (χ1) is 16.0. The maximum atomic E-state index is 13.1. The number of fused-ring (bicyclic) bond motifs is 1. The van der Waals surface area contributed by atoms with Gasteiger partial charge in [0.1, 0.15) is 11.6 Å². The average Bonchev–Trinajstić information content (AvgIpc) is 2.83. The van der Waals surface area contributed by atoms with E-state index in [-0.39, 0.29) is 18.1 Å². The van der Waals surface area contributed by atoms with Gasteiger partial charge < -0.3 is 14.4 Å². The van der Waals surface area contributed by atoms with Crippen molar-refractivity contribution in [1.29, 1.82) is 0 Å². The lowest BCUT2D eigenvalue weighted by Crippen LogP contribution is -2.43. The molecular weight excluding hydrogens is 556 g/mol. The summed E-state index contributed by atoms with van der Waals surface area (Å²) < 4.78 is 14.0.